The van der Waals surface area contributed by atoms with Crippen molar-refractivity contribution in [2.75, 3.05) is 17.6 Å². The zero-order chi connectivity index (χ0) is 11.4. The van der Waals surface area contributed by atoms with E-state index in [0.717, 1.165) is 0 Å². The maximum absolute atomic E-state index is 11.9. The molecule has 0 aromatic heterocycles. The predicted molar refractivity (Wildman–Crippen MR) is 52.3 cm³/mol. The van der Waals surface area contributed by atoms with Gasteiger partial charge in [-0.05, 0) is 12.1 Å². The lowest BCUT2D eigenvalue weighted by Gasteiger charge is -2.11. The number of carboxylic acids is 1. The van der Waals surface area contributed by atoms with E-state index in [1.165, 1.54) is 18.2 Å². The van der Waals surface area contributed by atoms with Crippen LogP contribution >= 0.6 is 0 Å². The highest BCUT2D eigenvalue weighted by atomic mass is 19.3. The summed E-state index contributed by atoms with van der Waals surface area (Å²) in [4.78, 5) is 10.7. The molecule has 4 nitrogen and oxygen atoms in total. The fraction of sp³-hybridized carbons (Fsp3) is 0.222. The van der Waals surface area contributed by atoms with E-state index in [-0.39, 0.29) is 16.9 Å². The van der Waals surface area contributed by atoms with Crippen LogP contribution in [0.15, 0.2) is 18.2 Å². The lowest BCUT2D eigenvalue weighted by Crippen LogP contribution is -2.14. The number of halogens is 2. The standard InChI is InChI=1S/C9H10F2N2O2/c10-7(11)4-13-8-5(9(14)15)2-1-3-6(8)12/h1-3,7,13H,4,12H2,(H,14,15). The third kappa shape index (κ3) is 2.80. The molecule has 0 radical (unpaired) electrons. The quantitative estimate of drug-likeness (QED) is 0.669. The number of carboxylic acid groups (broad SMARTS) is 1. The summed E-state index contributed by atoms with van der Waals surface area (Å²) < 4.78 is 23.9. The van der Waals surface area contributed by atoms with Crippen molar-refractivity contribution < 1.29 is 18.7 Å². The molecule has 0 aliphatic carbocycles. The Labute approximate surface area is 84.7 Å². The van der Waals surface area contributed by atoms with Crippen molar-refractivity contribution >= 4 is 17.3 Å². The minimum absolute atomic E-state index is 0.0327. The second-order valence-corrected chi connectivity index (χ2v) is 2.85. The Morgan fingerprint density at radius 2 is 2.20 bits per heavy atom. The van der Waals surface area contributed by atoms with Gasteiger partial charge in [0, 0.05) is 0 Å². The van der Waals surface area contributed by atoms with Crippen LogP contribution in [0.2, 0.25) is 0 Å². The first kappa shape index (κ1) is 11.2. The first-order valence-corrected chi connectivity index (χ1v) is 4.16. The van der Waals surface area contributed by atoms with E-state index in [9.17, 15) is 13.6 Å². The van der Waals surface area contributed by atoms with Gasteiger partial charge in [0.1, 0.15) is 0 Å². The summed E-state index contributed by atoms with van der Waals surface area (Å²) in [5, 5.41) is 11.1. The molecule has 0 heterocycles. The van der Waals surface area contributed by atoms with E-state index < -0.39 is 18.9 Å². The fourth-order valence-corrected chi connectivity index (χ4v) is 1.12. The highest BCUT2D eigenvalue weighted by Gasteiger charge is 2.13. The zero-order valence-electron chi connectivity index (χ0n) is 7.71. The van der Waals surface area contributed by atoms with Gasteiger partial charge in [-0.15, -0.1) is 0 Å². The monoisotopic (exact) mass is 216 g/mol. The summed E-state index contributed by atoms with van der Waals surface area (Å²) in [6.07, 6.45) is -2.56. The van der Waals surface area contributed by atoms with Crippen molar-refractivity contribution in [1.82, 2.24) is 0 Å². The number of rotatable bonds is 4. The zero-order valence-corrected chi connectivity index (χ0v) is 7.71. The smallest absolute Gasteiger partial charge is 0.337 e. The summed E-state index contributed by atoms with van der Waals surface area (Å²) in [5.74, 6) is -1.21. The molecule has 6 heteroatoms. The largest absolute Gasteiger partial charge is 0.478 e. The lowest BCUT2D eigenvalue weighted by molar-refractivity contribution is 0.0697. The third-order valence-electron chi connectivity index (χ3n) is 1.76. The Kier molecular flexibility index (Phi) is 3.43. The maximum Gasteiger partial charge on any atom is 0.337 e. The molecule has 0 spiro atoms. The Morgan fingerprint density at radius 1 is 1.53 bits per heavy atom. The Hall–Kier alpha value is -1.85. The van der Waals surface area contributed by atoms with E-state index in [4.69, 9.17) is 10.8 Å². The van der Waals surface area contributed by atoms with Crippen molar-refractivity contribution in [3.63, 3.8) is 0 Å². The number of aromatic carboxylic acids is 1. The fourth-order valence-electron chi connectivity index (χ4n) is 1.12. The lowest BCUT2D eigenvalue weighted by atomic mass is 10.1. The van der Waals surface area contributed by atoms with Gasteiger partial charge in [0.15, 0.2) is 0 Å². The Morgan fingerprint density at radius 3 is 2.73 bits per heavy atom. The number of para-hydroxylation sites is 1. The minimum atomic E-state index is -2.56. The van der Waals surface area contributed by atoms with Crippen LogP contribution < -0.4 is 11.1 Å². The molecule has 0 saturated carbocycles. The summed E-state index contributed by atoms with van der Waals surface area (Å²) in [5.41, 5.74) is 5.53. The van der Waals surface area contributed by atoms with Gasteiger partial charge in [0.2, 0.25) is 0 Å². The van der Waals surface area contributed by atoms with Gasteiger partial charge in [-0.2, -0.15) is 0 Å². The minimum Gasteiger partial charge on any atom is -0.478 e. The van der Waals surface area contributed by atoms with Gasteiger partial charge in [-0.3, -0.25) is 0 Å². The molecule has 0 atom stereocenters. The molecule has 0 fully saturated rings. The summed E-state index contributed by atoms with van der Waals surface area (Å²) in [7, 11) is 0. The average molecular weight is 216 g/mol. The van der Waals surface area contributed by atoms with Crippen molar-refractivity contribution in [2.45, 2.75) is 6.43 Å². The van der Waals surface area contributed by atoms with E-state index >= 15 is 0 Å². The van der Waals surface area contributed by atoms with Crippen LogP contribution in [0.25, 0.3) is 0 Å². The second kappa shape index (κ2) is 4.59. The average Bonchev–Trinajstić information content (AvgIpc) is 2.15. The number of hydrogen-bond acceptors (Lipinski definition) is 3. The van der Waals surface area contributed by atoms with Crippen LogP contribution in [0.3, 0.4) is 0 Å². The van der Waals surface area contributed by atoms with Crippen LogP contribution in [0.1, 0.15) is 10.4 Å². The van der Waals surface area contributed by atoms with E-state index in [1.807, 2.05) is 0 Å². The summed E-state index contributed by atoms with van der Waals surface area (Å²) in [6.45, 7) is -0.630. The van der Waals surface area contributed by atoms with Crippen molar-refractivity contribution in [1.29, 1.82) is 0 Å². The number of carbonyl (C=O) groups is 1. The molecule has 0 unspecified atom stereocenters. The number of nitrogens with one attached hydrogen (secondary N) is 1. The van der Waals surface area contributed by atoms with Crippen molar-refractivity contribution in [3.05, 3.63) is 23.8 Å². The highest BCUT2D eigenvalue weighted by Crippen LogP contribution is 2.23. The molecule has 82 valence electrons. The molecule has 0 amide bonds. The van der Waals surface area contributed by atoms with E-state index in [1.54, 1.807) is 0 Å². The molecular formula is C9H10F2N2O2. The molecule has 0 aliphatic heterocycles. The Bertz CT molecular complexity index is 369. The third-order valence-corrected chi connectivity index (χ3v) is 1.76. The second-order valence-electron chi connectivity index (χ2n) is 2.85. The predicted octanol–water partition coefficient (Wildman–Crippen LogP) is 1.64. The van der Waals surface area contributed by atoms with Crippen LogP contribution in [0.4, 0.5) is 20.2 Å². The maximum atomic E-state index is 11.9. The van der Waals surface area contributed by atoms with E-state index in [0.29, 0.717) is 0 Å². The number of hydrogen-bond donors (Lipinski definition) is 3. The van der Waals surface area contributed by atoms with Crippen LogP contribution in [0, 0.1) is 0 Å². The number of anilines is 2. The topological polar surface area (TPSA) is 75.4 Å². The number of nitrogen functional groups attached to an aromatic ring is 1. The molecule has 0 aliphatic rings. The molecule has 1 aromatic carbocycles. The highest BCUT2D eigenvalue weighted by molar-refractivity contribution is 5.97. The summed E-state index contributed by atoms with van der Waals surface area (Å²) >= 11 is 0. The molecule has 0 bridgehead atoms. The molecular weight excluding hydrogens is 206 g/mol. The van der Waals surface area contributed by atoms with Crippen LogP contribution in [-0.4, -0.2) is 24.0 Å². The molecule has 0 saturated heterocycles. The SMILES string of the molecule is Nc1cccc(C(=O)O)c1NCC(F)F. The van der Waals surface area contributed by atoms with Crippen molar-refractivity contribution in [2.24, 2.45) is 0 Å². The van der Waals surface area contributed by atoms with Gasteiger partial charge < -0.3 is 16.2 Å². The van der Waals surface area contributed by atoms with E-state index in [2.05, 4.69) is 5.32 Å². The summed E-state index contributed by atoms with van der Waals surface area (Å²) in [6, 6.07) is 4.19. The number of benzene rings is 1. The van der Waals surface area contributed by atoms with Gasteiger partial charge in [-0.25, -0.2) is 13.6 Å². The van der Waals surface area contributed by atoms with Crippen LogP contribution in [0.5, 0.6) is 0 Å². The Balaban J connectivity index is 2.97. The normalized spacial score (nSPS) is 10.3. The van der Waals surface area contributed by atoms with Gasteiger partial charge >= 0.3 is 5.97 Å². The first-order valence-electron chi connectivity index (χ1n) is 4.16. The number of alkyl halides is 2. The molecule has 15 heavy (non-hydrogen) atoms. The van der Waals surface area contributed by atoms with Crippen LogP contribution in [-0.2, 0) is 0 Å². The molecule has 1 rings (SSSR count). The van der Waals surface area contributed by atoms with Crippen molar-refractivity contribution in [3.8, 4) is 0 Å². The van der Waals surface area contributed by atoms with Gasteiger partial charge in [-0.1, -0.05) is 6.07 Å². The van der Waals surface area contributed by atoms with Gasteiger partial charge in [0.25, 0.3) is 6.43 Å². The van der Waals surface area contributed by atoms with Gasteiger partial charge in [0.05, 0.1) is 23.5 Å². The first-order chi connectivity index (χ1) is 7.02. The number of nitrogens with two attached hydrogens (primary N) is 1. The molecule has 4 N–H and O–H groups in total. The molecule has 1 aromatic rings.